The van der Waals surface area contributed by atoms with Crippen molar-refractivity contribution < 1.29 is 56.2 Å². The van der Waals surface area contributed by atoms with Gasteiger partial charge in [0.15, 0.2) is 11.6 Å². The summed E-state index contributed by atoms with van der Waals surface area (Å²) in [6.07, 6.45) is 1.54. The molecule has 3 rings (SSSR count). The first-order chi connectivity index (χ1) is 11.7. The van der Waals surface area contributed by atoms with Gasteiger partial charge in [-0.3, -0.25) is 15.1 Å². The standard InChI is InChI=1S/C9H5F2N.C6H5NO5S.Na/c10-7-4-6-2-1-3-12-9(6)5-8(7)11;8-7(9)5-2-1-3-6(4-5)13(10,11)12;/h1-5H;1-4H,(H,10,11,12);/q;;+1/p-1. The predicted molar refractivity (Wildman–Crippen MR) is 82.7 cm³/mol. The molecular formula is C15H9F2N2NaO5S. The van der Waals surface area contributed by atoms with E-state index in [-0.39, 0.29) is 29.6 Å². The molecule has 3 aromatic rings. The summed E-state index contributed by atoms with van der Waals surface area (Å²) in [6.45, 7) is 0. The summed E-state index contributed by atoms with van der Waals surface area (Å²) in [5, 5.41) is 10.8. The van der Waals surface area contributed by atoms with Crippen LogP contribution in [0.3, 0.4) is 0 Å². The fourth-order valence-corrected chi connectivity index (χ4v) is 2.33. The smallest absolute Gasteiger partial charge is 0.744 e. The third-order valence-corrected chi connectivity index (χ3v) is 3.79. The van der Waals surface area contributed by atoms with E-state index >= 15 is 0 Å². The van der Waals surface area contributed by atoms with Crippen LogP contribution >= 0.6 is 0 Å². The van der Waals surface area contributed by atoms with Crippen molar-refractivity contribution >= 4 is 26.7 Å². The average Bonchev–Trinajstić information content (AvgIpc) is 2.56. The molecule has 0 aliphatic carbocycles. The van der Waals surface area contributed by atoms with Gasteiger partial charge in [0.05, 0.1) is 15.3 Å². The molecule has 0 saturated heterocycles. The van der Waals surface area contributed by atoms with Gasteiger partial charge in [-0.15, -0.1) is 0 Å². The van der Waals surface area contributed by atoms with Crippen LogP contribution in [0.2, 0.25) is 0 Å². The maximum absolute atomic E-state index is 12.6. The van der Waals surface area contributed by atoms with E-state index in [1.54, 1.807) is 18.3 Å². The van der Waals surface area contributed by atoms with Crippen LogP contribution in [0.25, 0.3) is 10.9 Å². The molecule has 7 nitrogen and oxygen atoms in total. The number of hydrogen-bond acceptors (Lipinski definition) is 6. The van der Waals surface area contributed by atoms with Crippen molar-refractivity contribution in [3.8, 4) is 0 Å². The zero-order valence-electron chi connectivity index (χ0n) is 13.3. The van der Waals surface area contributed by atoms with Gasteiger partial charge in [-0.25, -0.2) is 17.2 Å². The third kappa shape index (κ3) is 5.78. The molecule has 0 aliphatic heterocycles. The zero-order valence-corrected chi connectivity index (χ0v) is 16.1. The number of fused-ring (bicyclic) bond motifs is 1. The zero-order chi connectivity index (χ0) is 18.6. The molecule has 130 valence electrons. The van der Waals surface area contributed by atoms with Gasteiger partial charge in [0, 0.05) is 29.8 Å². The molecule has 1 heterocycles. The quantitative estimate of drug-likeness (QED) is 0.264. The van der Waals surface area contributed by atoms with E-state index in [1.165, 1.54) is 0 Å². The van der Waals surface area contributed by atoms with Crippen molar-refractivity contribution in [2.24, 2.45) is 0 Å². The maximum Gasteiger partial charge on any atom is 1.00 e. The minimum atomic E-state index is -4.61. The van der Waals surface area contributed by atoms with Crippen molar-refractivity contribution in [3.63, 3.8) is 0 Å². The first kappa shape index (κ1) is 22.1. The summed E-state index contributed by atoms with van der Waals surface area (Å²) in [5.41, 5.74) is 0.0494. The second-order valence-electron chi connectivity index (χ2n) is 4.67. The SMILES string of the molecule is Fc1cc2cccnc2cc1F.O=[N+]([O-])c1cccc(S(=O)(=O)[O-])c1.[Na+]. The van der Waals surface area contributed by atoms with Crippen molar-refractivity contribution in [2.75, 3.05) is 0 Å². The number of nitro benzene ring substituents is 1. The molecule has 0 atom stereocenters. The Hall–Kier alpha value is -1.98. The number of benzene rings is 2. The number of rotatable bonds is 2. The molecule has 0 spiro atoms. The molecule has 2 aromatic carbocycles. The van der Waals surface area contributed by atoms with Gasteiger partial charge in [-0.1, -0.05) is 12.1 Å². The third-order valence-electron chi connectivity index (χ3n) is 2.96. The van der Waals surface area contributed by atoms with E-state index in [0.29, 0.717) is 10.9 Å². The number of halogens is 2. The van der Waals surface area contributed by atoms with Crippen LogP contribution in [0.1, 0.15) is 0 Å². The molecule has 1 aromatic heterocycles. The van der Waals surface area contributed by atoms with Crippen molar-refractivity contribution in [2.45, 2.75) is 4.90 Å². The summed E-state index contributed by atoms with van der Waals surface area (Å²) < 4.78 is 56.6. The summed E-state index contributed by atoms with van der Waals surface area (Å²) >= 11 is 0. The van der Waals surface area contributed by atoms with E-state index in [1.807, 2.05) is 0 Å². The number of aromatic nitrogens is 1. The van der Waals surface area contributed by atoms with Crippen LogP contribution < -0.4 is 29.6 Å². The van der Waals surface area contributed by atoms with Crippen molar-refractivity contribution in [1.29, 1.82) is 0 Å². The Morgan fingerprint density at radius 2 is 1.65 bits per heavy atom. The Bertz CT molecular complexity index is 1010. The molecule has 0 fully saturated rings. The second kappa shape index (κ2) is 9.10. The van der Waals surface area contributed by atoms with Crippen LogP contribution in [0.15, 0.2) is 59.6 Å². The van der Waals surface area contributed by atoms with Gasteiger partial charge in [0.25, 0.3) is 5.69 Å². The van der Waals surface area contributed by atoms with Crippen molar-refractivity contribution in [3.05, 3.63) is 76.5 Å². The van der Waals surface area contributed by atoms with Crippen LogP contribution in [0.5, 0.6) is 0 Å². The molecule has 0 radical (unpaired) electrons. The van der Waals surface area contributed by atoms with Crippen molar-refractivity contribution in [1.82, 2.24) is 4.98 Å². The van der Waals surface area contributed by atoms with E-state index in [9.17, 15) is 31.9 Å². The van der Waals surface area contributed by atoms with Gasteiger partial charge >= 0.3 is 29.6 Å². The number of non-ortho nitro benzene ring substituents is 1. The van der Waals surface area contributed by atoms with Gasteiger partial charge in [0.1, 0.15) is 10.1 Å². The predicted octanol–water partition coefficient (Wildman–Crippen LogP) is 0.0159. The Balaban J connectivity index is 0.000000251. The molecule has 0 amide bonds. The second-order valence-corrected chi connectivity index (χ2v) is 6.05. The normalized spacial score (nSPS) is 10.4. The molecule has 11 heteroatoms. The topological polar surface area (TPSA) is 113 Å². The molecule has 0 saturated carbocycles. The Morgan fingerprint density at radius 3 is 2.27 bits per heavy atom. The number of nitrogens with zero attached hydrogens (tertiary/aromatic N) is 2. The fraction of sp³-hybridized carbons (Fsp3) is 0. The minimum absolute atomic E-state index is 0. The van der Waals surface area contributed by atoms with E-state index in [2.05, 4.69) is 4.98 Å². The monoisotopic (exact) mass is 390 g/mol. The fourth-order valence-electron chi connectivity index (χ4n) is 1.82. The molecule has 0 bridgehead atoms. The Kier molecular flexibility index (Phi) is 7.72. The van der Waals surface area contributed by atoms with Gasteiger partial charge in [0.2, 0.25) is 0 Å². The summed E-state index contributed by atoms with van der Waals surface area (Å²) in [5.74, 6) is -1.70. The largest absolute Gasteiger partial charge is 1.00 e. The van der Waals surface area contributed by atoms with Crippen LogP contribution in [-0.2, 0) is 10.1 Å². The number of nitro groups is 1. The molecular weight excluding hydrogens is 381 g/mol. The van der Waals surface area contributed by atoms with Gasteiger partial charge in [-0.2, -0.15) is 0 Å². The van der Waals surface area contributed by atoms with Crippen LogP contribution in [0, 0.1) is 21.7 Å². The van der Waals surface area contributed by atoms with Crippen LogP contribution in [0.4, 0.5) is 14.5 Å². The molecule has 0 aliphatic rings. The van der Waals surface area contributed by atoms with E-state index < -0.39 is 37.3 Å². The molecule has 26 heavy (non-hydrogen) atoms. The Labute approximate surface area is 168 Å². The summed E-state index contributed by atoms with van der Waals surface area (Å²) in [6, 6.07) is 9.57. The number of pyridine rings is 1. The van der Waals surface area contributed by atoms with Crippen LogP contribution in [-0.4, -0.2) is 22.9 Å². The minimum Gasteiger partial charge on any atom is -0.744 e. The Morgan fingerprint density at radius 1 is 1.00 bits per heavy atom. The van der Waals surface area contributed by atoms with E-state index in [4.69, 9.17) is 0 Å². The van der Waals surface area contributed by atoms with Gasteiger partial charge < -0.3 is 4.55 Å². The summed E-state index contributed by atoms with van der Waals surface area (Å²) in [7, 11) is -4.61. The average molecular weight is 390 g/mol. The molecule has 0 N–H and O–H groups in total. The first-order valence-electron chi connectivity index (χ1n) is 6.58. The maximum atomic E-state index is 12.6. The first-order valence-corrected chi connectivity index (χ1v) is 7.99. The number of hydrogen-bond donors (Lipinski definition) is 0. The van der Waals surface area contributed by atoms with Gasteiger partial charge in [-0.05, 0) is 18.2 Å². The van der Waals surface area contributed by atoms with E-state index in [0.717, 1.165) is 36.4 Å². The summed E-state index contributed by atoms with van der Waals surface area (Å²) in [4.78, 5) is 12.7. The molecule has 0 unspecified atom stereocenters.